The normalized spacial score (nSPS) is 11.7. The molecule has 0 fully saturated rings. The van der Waals surface area contributed by atoms with Crippen LogP contribution >= 0.6 is 0 Å². The van der Waals surface area contributed by atoms with Gasteiger partial charge in [0.1, 0.15) is 28.7 Å². The van der Waals surface area contributed by atoms with Crippen molar-refractivity contribution in [1.29, 1.82) is 0 Å². The van der Waals surface area contributed by atoms with E-state index in [0.29, 0.717) is 0 Å². The molecule has 5 rings (SSSR count). The summed E-state index contributed by atoms with van der Waals surface area (Å²) in [5.41, 5.74) is -5.68. The molecule has 0 unspecified atom stereocenters. The summed E-state index contributed by atoms with van der Waals surface area (Å²) in [6.45, 7) is 0. The Labute approximate surface area is 258 Å². The molecule has 0 saturated heterocycles. The summed E-state index contributed by atoms with van der Waals surface area (Å²) < 4.78 is 124. The lowest BCUT2D eigenvalue weighted by molar-refractivity contribution is -0.143. The number of hydrogen-bond acceptors (Lipinski definition) is 4. The average Bonchev–Trinajstić information content (AvgIpc) is 3.02. The number of pyridine rings is 2. The minimum absolute atomic E-state index is 0.00285. The van der Waals surface area contributed by atoms with Crippen LogP contribution < -0.4 is 10.6 Å². The number of nitrogens with one attached hydrogen (secondary N) is 2. The van der Waals surface area contributed by atoms with Crippen molar-refractivity contribution in [2.75, 3.05) is 10.6 Å². The zero-order chi connectivity index (χ0) is 34.1. The van der Waals surface area contributed by atoms with E-state index in [0.717, 1.165) is 30.3 Å². The topological polar surface area (TPSA) is 84.0 Å². The SMILES string of the molecule is O=C(Nc1cc(C(F)(F)F)cc(C(F)(F)F)c1)c1cccc(C(=O)Nc2c(F)cc(-c3ccccc3-c3cccnc3F)cc2F)n1. The van der Waals surface area contributed by atoms with Crippen molar-refractivity contribution in [2.45, 2.75) is 12.4 Å². The van der Waals surface area contributed by atoms with Crippen molar-refractivity contribution in [1.82, 2.24) is 9.97 Å². The van der Waals surface area contributed by atoms with E-state index in [-0.39, 0.29) is 40.5 Å². The van der Waals surface area contributed by atoms with Crippen LogP contribution in [0.3, 0.4) is 0 Å². The summed E-state index contributed by atoms with van der Waals surface area (Å²) in [5.74, 6) is -5.75. The van der Waals surface area contributed by atoms with E-state index < -0.39 is 75.6 Å². The second-order valence-corrected chi connectivity index (χ2v) is 9.81. The third kappa shape index (κ3) is 7.24. The van der Waals surface area contributed by atoms with E-state index in [9.17, 15) is 40.3 Å². The molecule has 0 aliphatic heterocycles. The molecule has 3 aromatic carbocycles. The molecule has 2 aromatic heterocycles. The van der Waals surface area contributed by atoms with Crippen LogP contribution in [0.1, 0.15) is 32.1 Å². The van der Waals surface area contributed by atoms with E-state index in [4.69, 9.17) is 0 Å². The fourth-order valence-corrected chi connectivity index (χ4v) is 4.49. The fraction of sp³-hybridized carbons (Fsp3) is 0.0625. The van der Waals surface area contributed by atoms with E-state index >= 15 is 8.78 Å². The van der Waals surface area contributed by atoms with Crippen molar-refractivity contribution < 1.29 is 49.1 Å². The molecule has 5 aromatic rings. The monoisotopic (exact) mass is 660 g/mol. The van der Waals surface area contributed by atoms with Crippen LogP contribution in [0.5, 0.6) is 0 Å². The highest BCUT2D eigenvalue weighted by Gasteiger charge is 2.37. The van der Waals surface area contributed by atoms with E-state index in [1.807, 2.05) is 10.6 Å². The number of benzene rings is 3. The number of anilines is 2. The molecule has 2 N–H and O–H groups in total. The first-order valence-corrected chi connectivity index (χ1v) is 13.2. The lowest BCUT2D eigenvalue weighted by Crippen LogP contribution is -2.20. The molecular formula is C32H17F9N4O2. The Kier molecular flexibility index (Phi) is 8.74. The van der Waals surface area contributed by atoms with Crippen molar-refractivity contribution in [2.24, 2.45) is 0 Å². The van der Waals surface area contributed by atoms with Gasteiger partial charge in [-0.25, -0.2) is 18.7 Å². The standard InChI is InChI=1S/C32H17F9N4O2/c33-23-11-16(20-5-1-2-6-21(20)22-7-4-10-42-28(22)35)12-24(34)27(23)45-30(47)26-9-3-8-25(44-26)29(46)43-19-14-17(31(36,37)38)13-18(15-19)32(39,40)41/h1-15H,(H,43,46)(H,45,47). The molecule has 6 nitrogen and oxygen atoms in total. The molecular weight excluding hydrogens is 643 g/mol. The maximum atomic E-state index is 15.2. The highest BCUT2D eigenvalue weighted by Crippen LogP contribution is 2.38. The second-order valence-electron chi connectivity index (χ2n) is 9.81. The first-order valence-electron chi connectivity index (χ1n) is 13.2. The molecule has 0 spiro atoms. The predicted octanol–water partition coefficient (Wildman–Crippen LogP) is 8.77. The Morgan fingerprint density at radius 3 is 1.68 bits per heavy atom. The molecule has 0 atom stereocenters. The van der Waals surface area contributed by atoms with Gasteiger partial charge in [0.05, 0.1) is 11.1 Å². The highest BCUT2D eigenvalue weighted by molar-refractivity contribution is 6.06. The van der Waals surface area contributed by atoms with Crippen molar-refractivity contribution >= 4 is 23.2 Å². The molecule has 2 amide bonds. The lowest BCUT2D eigenvalue weighted by atomic mass is 9.95. The Morgan fingerprint density at radius 1 is 0.596 bits per heavy atom. The predicted molar refractivity (Wildman–Crippen MR) is 152 cm³/mol. The van der Waals surface area contributed by atoms with Crippen molar-refractivity contribution in [3.05, 3.63) is 131 Å². The van der Waals surface area contributed by atoms with Gasteiger partial charge in [-0.3, -0.25) is 9.59 Å². The third-order valence-electron chi connectivity index (χ3n) is 6.63. The molecule has 2 heterocycles. The van der Waals surface area contributed by atoms with Gasteiger partial charge >= 0.3 is 12.4 Å². The smallest absolute Gasteiger partial charge is 0.321 e. The van der Waals surface area contributed by atoms with E-state index in [1.165, 1.54) is 30.5 Å². The number of alkyl halides is 6. The summed E-state index contributed by atoms with van der Waals surface area (Å²) in [6, 6.07) is 14.5. The van der Waals surface area contributed by atoms with Gasteiger partial charge in [-0.2, -0.15) is 30.7 Å². The van der Waals surface area contributed by atoms with Gasteiger partial charge in [0, 0.05) is 17.4 Å². The number of rotatable bonds is 6. The van der Waals surface area contributed by atoms with Crippen LogP contribution in [0, 0.1) is 17.6 Å². The van der Waals surface area contributed by atoms with Crippen LogP contribution in [0.25, 0.3) is 22.3 Å². The summed E-state index contributed by atoms with van der Waals surface area (Å²) >= 11 is 0. The van der Waals surface area contributed by atoms with Gasteiger partial charge in [0.15, 0.2) is 0 Å². The summed E-state index contributed by atoms with van der Waals surface area (Å²) in [7, 11) is 0. The summed E-state index contributed by atoms with van der Waals surface area (Å²) in [6.07, 6.45) is -9.10. The van der Waals surface area contributed by atoms with Gasteiger partial charge in [-0.15, -0.1) is 0 Å². The molecule has 47 heavy (non-hydrogen) atoms. The quantitative estimate of drug-likeness (QED) is 0.141. The zero-order valence-corrected chi connectivity index (χ0v) is 23.3. The average molecular weight is 660 g/mol. The molecule has 0 aliphatic carbocycles. The van der Waals surface area contributed by atoms with Crippen LogP contribution in [0.2, 0.25) is 0 Å². The summed E-state index contributed by atoms with van der Waals surface area (Å²) in [5, 5.41) is 3.87. The first-order chi connectivity index (χ1) is 22.1. The largest absolute Gasteiger partial charge is 0.416 e. The van der Waals surface area contributed by atoms with Gasteiger partial charge in [-0.05, 0) is 71.3 Å². The molecule has 240 valence electrons. The van der Waals surface area contributed by atoms with Gasteiger partial charge in [-0.1, -0.05) is 30.3 Å². The summed E-state index contributed by atoms with van der Waals surface area (Å²) in [4.78, 5) is 32.9. The Hall–Kier alpha value is -5.73. The number of amides is 2. The Bertz CT molecular complexity index is 1950. The van der Waals surface area contributed by atoms with Crippen LogP contribution in [-0.4, -0.2) is 21.8 Å². The van der Waals surface area contributed by atoms with Crippen molar-refractivity contribution in [3.63, 3.8) is 0 Å². The molecule has 0 aliphatic rings. The Balaban J connectivity index is 1.38. The number of carbonyl (C=O) groups is 2. The lowest BCUT2D eigenvalue weighted by Gasteiger charge is -2.15. The minimum atomic E-state index is -5.17. The maximum absolute atomic E-state index is 15.2. The van der Waals surface area contributed by atoms with Crippen LogP contribution in [0.15, 0.2) is 91.1 Å². The third-order valence-corrected chi connectivity index (χ3v) is 6.63. The number of halogens is 9. The van der Waals surface area contributed by atoms with Crippen LogP contribution in [-0.2, 0) is 12.4 Å². The zero-order valence-electron chi connectivity index (χ0n) is 23.3. The molecule has 0 radical (unpaired) electrons. The highest BCUT2D eigenvalue weighted by atomic mass is 19.4. The number of nitrogens with zero attached hydrogens (tertiary/aromatic N) is 2. The number of aromatic nitrogens is 2. The first kappa shape index (κ1) is 32.7. The van der Waals surface area contributed by atoms with E-state index in [2.05, 4.69) is 9.97 Å². The van der Waals surface area contributed by atoms with Gasteiger partial charge in [0.2, 0.25) is 5.95 Å². The molecule has 15 heteroatoms. The number of carbonyl (C=O) groups excluding carboxylic acids is 2. The van der Waals surface area contributed by atoms with E-state index in [1.54, 1.807) is 12.1 Å². The Morgan fingerprint density at radius 2 is 1.13 bits per heavy atom. The number of hydrogen-bond donors (Lipinski definition) is 2. The van der Waals surface area contributed by atoms with Gasteiger partial charge in [0.25, 0.3) is 11.8 Å². The minimum Gasteiger partial charge on any atom is -0.321 e. The second kappa shape index (κ2) is 12.6. The van der Waals surface area contributed by atoms with Gasteiger partial charge < -0.3 is 10.6 Å². The molecule has 0 bridgehead atoms. The maximum Gasteiger partial charge on any atom is 0.416 e. The van der Waals surface area contributed by atoms with Crippen LogP contribution in [0.4, 0.5) is 50.9 Å². The van der Waals surface area contributed by atoms with Crippen molar-refractivity contribution in [3.8, 4) is 22.3 Å². The fourth-order valence-electron chi connectivity index (χ4n) is 4.49. The molecule has 0 saturated carbocycles.